The van der Waals surface area contributed by atoms with E-state index in [1.165, 1.54) is 0 Å². The fourth-order valence-electron chi connectivity index (χ4n) is 2.89. The molecule has 3 rings (SSSR count). The highest BCUT2D eigenvalue weighted by Gasteiger charge is 2.06. The van der Waals surface area contributed by atoms with Crippen molar-refractivity contribution in [3.63, 3.8) is 0 Å². The fraction of sp³-hybridized carbons (Fsp3) is 0.227. The maximum Gasteiger partial charge on any atom is 0.224 e. The summed E-state index contributed by atoms with van der Waals surface area (Å²) in [7, 11) is 1.68. The summed E-state index contributed by atoms with van der Waals surface area (Å²) in [6.07, 6.45) is 0.796. The summed E-state index contributed by atoms with van der Waals surface area (Å²) in [5.74, 6) is 2.14. The highest BCUT2D eigenvalue weighted by molar-refractivity contribution is 5.95. The molecular formula is C22H24N4O2. The van der Waals surface area contributed by atoms with Gasteiger partial charge in [0.25, 0.3) is 0 Å². The van der Waals surface area contributed by atoms with E-state index in [4.69, 9.17) is 4.74 Å². The molecule has 3 aromatic rings. The van der Waals surface area contributed by atoms with Gasteiger partial charge in [-0.15, -0.1) is 0 Å². The molecule has 0 radical (unpaired) electrons. The number of para-hydroxylation sites is 1. The fourth-order valence-corrected chi connectivity index (χ4v) is 2.89. The Labute approximate surface area is 165 Å². The molecule has 0 atom stereocenters. The number of ether oxygens (including phenoxy) is 1. The minimum Gasteiger partial charge on any atom is -0.496 e. The second kappa shape index (κ2) is 8.99. The number of rotatable bonds is 8. The first-order valence-electron chi connectivity index (χ1n) is 9.14. The van der Waals surface area contributed by atoms with Crippen LogP contribution in [0.4, 0.5) is 17.5 Å². The third-order valence-corrected chi connectivity index (χ3v) is 4.27. The number of aromatic nitrogens is 2. The molecule has 28 heavy (non-hydrogen) atoms. The third kappa shape index (κ3) is 5.07. The number of aryl methyl sites for hydroxylation is 1. The average molecular weight is 376 g/mol. The van der Waals surface area contributed by atoms with E-state index in [1.54, 1.807) is 20.1 Å². The first-order chi connectivity index (χ1) is 13.5. The summed E-state index contributed by atoms with van der Waals surface area (Å²) in [4.78, 5) is 20.5. The van der Waals surface area contributed by atoms with E-state index in [-0.39, 0.29) is 5.78 Å². The Balaban J connectivity index is 1.68. The number of methoxy groups -OCH3 is 1. The Morgan fingerprint density at radius 2 is 1.89 bits per heavy atom. The number of hydrogen-bond donors (Lipinski definition) is 2. The lowest BCUT2D eigenvalue weighted by molar-refractivity contribution is 0.101. The number of nitrogens with one attached hydrogen (secondary N) is 2. The summed E-state index contributed by atoms with van der Waals surface area (Å²) in [5.41, 5.74) is 3.45. The molecule has 1 heterocycles. The summed E-state index contributed by atoms with van der Waals surface area (Å²) in [6.45, 7) is 4.16. The van der Waals surface area contributed by atoms with Crippen molar-refractivity contribution in [3.8, 4) is 5.75 Å². The maximum atomic E-state index is 11.6. The van der Waals surface area contributed by atoms with Crippen LogP contribution < -0.4 is 15.4 Å². The summed E-state index contributed by atoms with van der Waals surface area (Å²) in [6, 6.07) is 17.2. The number of hydrogen-bond acceptors (Lipinski definition) is 6. The Morgan fingerprint density at radius 3 is 2.68 bits per heavy atom. The van der Waals surface area contributed by atoms with Gasteiger partial charge in [-0.2, -0.15) is 4.98 Å². The summed E-state index contributed by atoms with van der Waals surface area (Å²) >= 11 is 0. The van der Waals surface area contributed by atoms with Crippen molar-refractivity contribution in [2.24, 2.45) is 0 Å². The van der Waals surface area contributed by atoms with Gasteiger partial charge in [0.15, 0.2) is 5.78 Å². The van der Waals surface area contributed by atoms with Crippen LogP contribution in [0.1, 0.15) is 28.5 Å². The van der Waals surface area contributed by atoms with Crippen molar-refractivity contribution in [2.75, 3.05) is 24.3 Å². The largest absolute Gasteiger partial charge is 0.496 e. The molecule has 0 unspecified atom stereocenters. The van der Waals surface area contributed by atoms with Crippen molar-refractivity contribution >= 4 is 23.2 Å². The zero-order chi connectivity index (χ0) is 19.9. The van der Waals surface area contributed by atoms with Crippen LogP contribution in [0.5, 0.6) is 5.75 Å². The third-order valence-electron chi connectivity index (χ3n) is 4.27. The molecule has 0 saturated carbocycles. The molecular weight excluding hydrogens is 352 g/mol. The van der Waals surface area contributed by atoms with Crippen LogP contribution in [0, 0.1) is 6.92 Å². The van der Waals surface area contributed by atoms with Crippen molar-refractivity contribution in [3.05, 3.63) is 71.4 Å². The molecule has 144 valence electrons. The van der Waals surface area contributed by atoms with Crippen LogP contribution in [-0.2, 0) is 6.42 Å². The predicted molar refractivity (Wildman–Crippen MR) is 112 cm³/mol. The molecule has 0 fully saturated rings. The lowest BCUT2D eigenvalue weighted by Crippen LogP contribution is -2.10. The minimum atomic E-state index is 0.0289. The van der Waals surface area contributed by atoms with Crippen LogP contribution >= 0.6 is 0 Å². The van der Waals surface area contributed by atoms with Crippen LogP contribution in [0.3, 0.4) is 0 Å². The molecule has 2 N–H and O–H groups in total. The van der Waals surface area contributed by atoms with E-state index in [1.807, 2.05) is 55.5 Å². The van der Waals surface area contributed by atoms with Crippen LogP contribution in [0.15, 0.2) is 54.6 Å². The van der Waals surface area contributed by atoms with E-state index >= 15 is 0 Å². The summed E-state index contributed by atoms with van der Waals surface area (Å²) in [5, 5.41) is 6.51. The van der Waals surface area contributed by atoms with Crippen LogP contribution in [0.25, 0.3) is 0 Å². The molecule has 0 aliphatic heterocycles. The number of carbonyl (C=O) groups is 1. The minimum absolute atomic E-state index is 0.0289. The van der Waals surface area contributed by atoms with Gasteiger partial charge in [-0.3, -0.25) is 4.79 Å². The summed E-state index contributed by atoms with van der Waals surface area (Å²) < 4.78 is 5.39. The zero-order valence-corrected chi connectivity index (χ0v) is 16.3. The van der Waals surface area contributed by atoms with E-state index < -0.39 is 0 Å². The predicted octanol–water partition coefficient (Wildman–Crippen LogP) is 4.39. The number of Topliss-reactive ketones (excluding diaryl/α,β-unsaturated/α-hetero) is 1. The molecule has 0 bridgehead atoms. The van der Waals surface area contributed by atoms with Gasteiger partial charge in [-0.25, -0.2) is 4.98 Å². The van der Waals surface area contributed by atoms with Crippen LogP contribution in [0.2, 0.25) is 0 Å². The molecule has 0 aliphatic carbocycles. The number of ketones is 1. The Hall–Kier alpha value is -3.41. The van der Waals surface area contributed by atoms with Gasteiger partial charge in [0.05, 0.1) is 7.11 Å². The second-order valence-electron chi connectivity index (χ2n) is 6.47. The smallest absolute Gasteiger partial charge is 0.224 e. The Kier molecular flexibility index (Phi) is 6.22. The van der Waals surface area contributed by atoms with Gasteiger partial charge in [0.2, 0.25) is 5.95 Å². The molecule has 6 nitrogen and oxygen atoms in total. The Morgan fingerprint density at radius 1 is 1.07 bits per heavy atom. The Bertz CT molecular complexity index is 972. The van der Waals surface area contributed by atoms with E-state index in [9.17, 15) is 4.79 Å². The molecule has 0 aliphatic rings. The molecule has 2 aromatic carbocycles. The second-order valence-corrected chi connectivity index (χ2v) is 6.47. The van der Waals surface area contributed by atoms with Crippen molar-refractivity contribution in [2.45, 2.75) is 20.3 Å². The zero-order valence-electron chi connectivity index (χ0n) is 16.3. The monoisotopic (exact) mass is 376 g/mol. The topological polar surface area (TPSA) is 76.1 Å². The first kappa shape index (κ1) is 19.4. The quantitative estimate of drug-likeness (QED) is 0.568. The standard InChI is InChI=1S/C22H24N4O2/c1-15-13-21(25-19-9-6-8-18(14-19)16(2)27)26-22(24-15)23-12-11-17-7-4-5-10-20(17)28-3/h4-10,13-14H,11-12H2,1-3H3,(H2,23,24,25,26). The van der Waals surface area contributed by atoms with Gasteiger partial charge < -0.3 is 15.4 Å². The average Bonchev–Trinajstić information content (AvgIpc) is 2.68. The van der Waals surface area contributed by atoms with Crippen molar-refractivity contribution in [1.82, 2.24) is 9.97 Å². The number of carbonyl (C=O) groups excluding carboxylic acids is 1. The van der Waals surface area contributed by atoms with Crippen LogP contribution in [-0.4, -0.2) is 29.4 Å². The van der Waals surface area contributed by atoms with Gasteiger partial charge in [-0.1, -0.05) is 30.3 Å². The molecule has 6 heteroatoms. The van der Waals surface area contributed by atoms with E-state index in [0.29, 0.717) is 23.9 Å². The first-order valence-corrected chi connectivity index (χ1v) is 9.14. The highest BCUT2D eigenvalue weighted by atomic mass is 16.5. The lowest BCUT2D eigenvalue weighted by Gasteiger charge is -2.11. The highest BCUT2D eigenvalue weighted by Crippen LogP contribution is 2.20. The molecule has 0 amide bonds. The van der Waals surface area contributed by atoms with Gasteiger partial charge in [-0.05, 0) is 44.0 Å². The molecule has 0 saturated heterocycles. The normalized spacial score (nSPS) is 10.4. The van der Waals surface area contributed by atoms with E-state index in [2.05, 4.69) is 20.6 Å². The molecule has 1 aromatic heterocycles. The number of nitrogens with zero attached hydrogens (tertiary/aromatic N) is 2. The lowest BCUT2D eigenvalue weighted by atomic mass is 10.1. The van der Waals surface area contributed by atoms with Gasteiger partial charge in [0, 0.05) is 29.6 Å². The van der Waals surface area contributed by atoms with Gasteiger partial charge >= 0.3 is 0 Å². The number of anilines is 3. The number of benzene rings is 2. The van der Waals surface area contributed by atoms with E-state index in [0.717, 1.165) is 29.1 Å². The SMILES string of the molecule is COc1ccccc1CCNc1nc(C)cc(Nc2cccc(C(C)=O)c2)n1. The van der Waals surface area contributed by atoms with Gasteiger partial charge in [0.1, 0.15) is 11.6 Å². The molecule has 0 spiro atoms. The van der Waals surface area contributed by atoms with Crippen molar-refractivity contribution < 1.29 is 9.53 Å². The maximum absolute atomic E-state index is 11.6. The van der Waals surface area contributed by atoms with Crippen molar-refractivity contribution in [1.29, 1.82) is 0 Å².